The van der Waals surface area contributed by atoms with Crippen molar-refractivity contribution in [3.63, 3.8) is 0 Å². The summed E-state index contributed by atoms with van der Waals surface area (Å²) in [6.45, 7) is 0. The first kappa shape index (κ1) is 31.7. The van der Waals surface area contributed by atoms with Gasteiger partial charge in [-0.05, 0) is 105 Å². The van der Waals surface area contributed by atoms with Gasteiger partial charge in [-0.2, -0.15) is 0 Å². The first-order valence-electron chi connectivity index (χ1n) is 19.5. The minimum Gasteiger partial charge on any atom is -0.455 e. The summed E-state index contributed by atoms with van der Waals surface area (Å²) in [5, 5.41) is 11.9. The minimum atomic E-state index is 0.863. The van der Waals surface area contributed by atoms with Crippen molar-refractivity contribution in [3.05, 3.63) is 206 Å². The molecule has 0 aliphatic heterocycles. The van der Waals surface area contributed by atoms with E-state index in [-0.39, 0.29) is 0 Å². The number of benzene rings is 10. The molecule has 0 N–H and O–H groups in total. The van der Waals surface area contributed by atoms with Crippen LogP contribution in [0.15, 0.2) is 211 Å². The molecular weight excluding hydrogens is 693 g/mol. The SMILES string of the molecule is c1ccc(-n2c3cc(N(c4ccc(-c5cccc6ccccc56)cc4)c4cccc5oc6c7ccccc7ccc6c45)ccc3c3cc4ccccc4cc32)cc1. The molecule has 0 bridgehead atoms. The molecule has 0 unspecified atom stereocenters. The zero-order chi connectivity index (χ0) is 37.5. The molecule has 0 spiro atoms. The van der Waals surface area contributed by atoms with Gasteiger partial charge in [0.15, 0.2) is 0 Å². The van der Waals surface area contributed by atoms with Gasteiger partial charge in [0.1, 0.15) is 11.2 Å². The zero-order valence-corrected chi connectivity index (χ0v) is 30.9. The second-order valence-electron chi connectivity index (χ2n) is 14.9. The molecule has 2 heterocycles. The van der Waals surface area contributed by atoms with E-state index in [1.807, 2.05) is 0 Å². The van der Waals surface area contributed by atoms with E-state index < -0.39 is 0 Å². The summed E-state index contributed by atoms with van der Waals surface area (Å²) in [5.74, 6) is 0. The van der Waals surface area contributed by atoms with Gasteiger partial charge in [-0.1, -0.05) is 140 Å². The largest absolute Gasteiger partial charge is 0.455 e. The topological polar surface area (TPSA) is 21.3 Å². The first-order valence-corrected chi connectivity index (χ1v) is 19.5. The van der Waals surface area contributed by atoms with Crippen molar-refractivity contribution in [2.24, 2.45) is 0 Å². The number of fused-ring (bicyclic) bond motifs is 10. The van der Waals surface area contributed by atoms with Crippen LogP contribution in [0.25, 0.3) is 92.9 Å². The quantitative estimate of drug-likeness (QED) is 0.176. The Labute approximate surface area is 328 Å². The molecule has 2 aromatic heterocycles. The zero-order valence-electron chi connectivity index (χ0n) is 30.9. The van der Waals surface area contributed by atoms with Gasteiger partial charge in [0.2, 0.25) is 0 Å². The molecule has 57 heavy (non-hydrogen) atoms. The fourth-order valence-corrected chi connectivity index (χ4v) is 9.10. The number of anilines is 3. The van der Waals surface area contributed by atoms with Crippen LogP contribution in [-0.2, 0) is 0 Å². The smallest absolute Gasteiger partial charge is 0.143 e. The maximum atomic E-state index is 6.74. The molecule has 266 valence electrons. The Morgan fingerprint density at radius 2 is 1.02 bits per heavy atom. The van der Waals surface area contributed by atoms with Crippen LogP contribution >= 0.6 is 0 Å². The third kappa shape index (κ3) is 4.92. The third-order valence-electron chi connectivity index (χ3n) is 11.7. The molecule has 3 nitrogen and oxygen atoms in total. The molecule has 3 heteroatoms. The van der Waals surface area contributed by atoms with Crippen LogP contribution in [0.4, 0.5) is 17.1 Å². The van der Waals surface area contributed by atoms with Crippen molar-refractivity contribution in [2.75, 3.05) is 4.90 Å². The van der Waals surface area contributed by atoms with Crippen LogP contribution in [0, 0.1) is 0 Å². The summed E-state index contributed by atoms with van der Waals surface area (Å²) < 4.78 is 9.16. The lowest BCUT2D eigenvalue weighted by atomic mass is 9.98. The second-order valence-corrected chi connectivity index (χ2v) is 14.9. The van der Waals surface area contributed by atoms with Crippen LogP contribution in [-0.4, -0.2) is 4.57 Å². The predicted molar refractivity (Wildman–Crippen MR) is 241 cm³/mol. The third-order valence-corrected chi connectivity index (χ3v) is 11.7. The van der Waals surface area contributed by atoms with Crippen molar-refractivity contribution in [3.8, 4) is 16.8 Å². The lowest BCUT2D eigenvalue weighted by Gasteiger charge is -2.27. The van der Waals surface area contributed by atoms with Gasteiger partial charge in [0, 0.05) is 38.6 Å². The summed E-state index contributed by atoms with van der Waals surface area (Å²) >= 11 is 0. The number of rotatable bonds is 5. The molecule has 0 aliphatic carbocycles. The minimum absolute atomic E-state index is 0.863. The van der Waals surface area contributed by atoms with Gasteiger partial charge < -0.3 is 13.9 Å². The van der Waals surface area contributed by atoms with E-state index in [9.17, 15) is 0 Å². The molecule has 12 aromatic rings. The van der Waals surface area contributed by atoms with E-state index in [2.05, 4.69) is 216 Å². The standard InChI is InChI=1S/C54H34N2O/c1-2-17-40(18-3-1)56-50-33-39-15-5-4-14-38(39)32-48(50)46-31-29-42(34-51(46)56)55(41-27-24-37(25-28-41)44-21-10-16-35-12-6-8-19-43(35)44)49-22-11-23-52-53(49)47-30-26-36-13-7-9-20-45(36)54(47)57-52/h1-34H. The normalized spacial score (nSPS) is 11.9. The summed E-state index contributed by atoms with van der Waals surface area (Å²) in [5.41, 5.74) is 10.8. The second kappa shape index (κ2) is 12.5. The fourth-order valence-electron chi connectivity index (χ4n) is 9.10. The van der Waals surface area contributed by atoms with Gasteiger partial charge in [-0.3, -0.25) is 0 Å². The average molecular weight is 727 g/mol. The monoisotopic (exact) mass is 726 g/mol. The Morgan fingerprint density at radius 1 is 0.386 bits per heavy atom. The molecule has 0 saturated carbocycles. The number of furan rings is 1. The van der Waals surface area contributed by atoms with Crippen LogP contribution in [0.2, 0.25) is 0 Å². The molecule has 0 amide bonds. The molecule has 0 fully saturated rings. The number of hydrogen-bond donors (Lipinski definition) is 0. The Balaban J connectivity index is 1.13. The van der Waals surface area contributed by atoms with Crippen molar-refractivity contribution >= 4 is 93.1 Å². The molecule has 10 aromatic carbocycles. The van der Waals surface area contributed by atoms with Gasteiger partial charge >= 0.3 is 0 Å². The van der Waals surface area contributed by atoms with Crippen molar-refractivity contribution in [1.29, 1.82) is 0 Å². The number of aromatic nitrogens is 1. The van der Waals surface area contributed by atoms with Crippen molar-refractivity contribution in [1.82, 2.24) is 4.57 Å². The number of para-hydroxylation sites is 1. The highest BCUT2D eigenvalue weighted by Gasteiger charge is 2.22. The van der Waals surface area contributed by atoms with Crippen LogP contribution in [0.1, 0.15) is 0 Å². The first-order chi connectivity index (χ1) is 28.3. The maximum Gasteiger partial charge on any atom is 0.143 e. The Bertz CT molecular complexity index is 3520. The Hall–Kier alpha value is -7.62. The van der Waals surface area contributed by atoms with Gasteiger partial charge in [0.05, 0.1) is 22.1 Å². The van der Waals surface area contributed by atoms with Crippen LogP contribution < -0.4 is 4.90 Å². The van der Waals surface area contributed by atoms with Gasteiger partial charge in [0.25, 0.3) is 0 Å². The Morgan fingerprint density at radius 3 is 1.84 bits per heavy atom. The van der Waals surface area contributed by atoms with Crippen LogP contribution in [0.3, 0.4) is 0 Å². The molecule has 12 rings (SSSR count). The van der Waals surface area contributed by atoms with E-state index >= 15 is 0 Å². The highest BCUT2D eigenvalue weighted by atomic mass is 16.3. The summed E-state index contributed by atoms with van der Waals surface area (Å²) in [4.78, 5) is 2.41. The fraction of sp³-hybridized carbons (Fsp3) is 0. The Kier molecular flexibility index (Phi) is 6.93. The highest BCUT2D eigenvalue weighted by Crippen LogP contribution is 2.46. The predicted octanol–water partition coefficient (Wildman–Crippen LogP) is 15.3. The van der Waals surface area contributed by atoms with E-state index in [0.717, 1.165) is 55.6 Å². The van der Waals surface area contributed by atoms with Crippen molar-refractivity contribution in [2.45, 2.75) is 0 Å². The maximum absolute atomic E-state index is 6.74. The van der Waals surface area contributed by atoms with E-state index in [1.165, 1.54) is 54.3 Å². The average Bonchev–Trinajstić information content (AvgIpc) is 3.82. The molecule has 0 atom stereocenters. The lowest BCUT2D eigenvalue weighted by molar-refractivity contribution is 0.672. The summed E-state index contributed by atoms with van der Waals surface area (Å²) in [7, 11) is 0. The van der Waals surface area contributed by atoms with Crippen molar-refractivity contribution < 1.29 is 4.42 Å². The molecule has 0 radical (unpaired) electrons. The van der Waals surface area contributed by atoms with E-state index in [0.29, 0.717) is 0 Å². The molecular formula is C54H34N2O. The van der Waals surface area contributed by atoms with E-state index in [4.69, 9.17) is 4.42 Å². The summed E-state index contributed by atoms with van der Waals surface area (Å²) in [6.07, 6.45) is 0. The molecule has 0 saturated heterocycles. The van der Waals surface area contributed by atoms with E-state index in [1.54, 1.807) is 0 Å². The van der Waals surface area contributed by atoms with Gasteiger partial charge in [-0.25, -0.2) is 0 Å². The molecule has 0 aliphatic rings. The number of hydrogen-bond acceptors (Lipinski definition) is 2. The summed E-state index contributed by atoms with van der Waals surface area (Å²) in [6, 6.07) is 74.6. The highest BCUT2D eigenvalue weighted by molar-refractivity contribution is 6.20. The van der Waals surface area contributed by atoms with Crippen LogP contribution in [0.5, 0.6) is 0 Å². The van der Waals surface area contributed by atoms with Gasteiger partial charge in [-0.15, -0.1) is 0 Å². The lowest BCUT2D eigenvalue weighted by Crippen LogP contribution is -2.10. The number of nitrogens with zero attached hydrogens (tertiary/aromatic N) is 2.